The number of nitrogens with zero attached hydrogens (tertiary/aromatic N) is 4. The quantitative estimate of drug-likeness (QED) is 0.510. The summed E-state index contributed by atoms with van der Waals surface area (Å²) in [5.41, 5.74) is 1.74. The molecule has 1 atom stereocenters. The van der Waals surface area contributed by atoms with Gasteiger partial charge in [0.1, 0.15) is 6.04 Å². The highest BCUT2D eigenvalue weighted by Gasteiger charge is 2.45. The summed E-state index contributed by atoms with van der Waals surface area (Å²) in [6.45, 7) is 6.34. The number of rotatable bonds is 6. The van der Waals surface area contributed by atoms with Crippen LogP contribution in [0, 0.1) is 0 Å². The number of benzene rings is 1. The van der Waals surface area contributed by atoms with Crippen molar-refractivity contribution < 1.29 is 27.6 Å². The molecule has 3 aliphatic rings. The first-order chi connectivity index (χ1) is 18.4. The minimum Gasteiger partial charge on any atom is -0.380 e. The second kappa shape index (κ2) is 9.87. The molecule has 13 heteroatoms. The monoisotopic (exact) mass is 556 g/mol. The van der Waals surface area contributed by atoms with Gasteiger partial charge in [-0.2, -0.15) is 5.10 Å². The molecule has 3 aliphatic heterocycles. The van der Waals surface area contributed by atoms with Crippen molar-refractivity contribution in [1.82, 2.24) is 24.3 Å². The van der Waals surface area contributed by atoms with Crippen molar-refractivity contribution >= 4 is 39.3 Å². The van der Waals surface area contributed by atoms with Gasteiger partial charge in [-0.05, 0) is 52.2 Å². The minimum absolute atomic E-state index is 0.0599. The summed E-state index contributed by atoms with van der Waals surface area (Å²) < 4.78 is 28.1. The lowest BCUT2D eigenvalue weighted by Crippen LogP contribution is -2.54. The molecule has 0 radical (unpaired) electrons. The number of carbonyl (C=O) groups is 4. The zero-order chi connectivity index (χ0) is 28.1. The maximum Gasteiger partial charge on any atom is 0.264 e. The number of fused-ring (bicyclic) bond motifs is 1. The molecule has 0 bridgehead atoms. The fourth-order valence-electron chi connectivity index (χ4n) is 5.26. The molecule has 2 N–H and O–H groups in total. The third-order valence-electron chi connectivity index (χ3n) is 7.52. The molecular formula is C26H32N6O6S. The maximum absolute atomic E-state index is 13.3. The van der Waals surface area contributed by atoms with E-state index in [1.54, 1.807) is 49.5 Å². The van der Waals surface area contributed by atoms with Gasteiger partial charge in [-0.15, -0.1) is 0 Å². The summed E-state index contributed by atoms with van der Waals surface area (Å²) in [5.74, 6) is -2.19. The molecule has 5 rings (SSSR count). The SMILES string of the molecule is CC(C)(C)S(=O)(=O)N1CCC(n2cc(CNc3cccc4c3C(=O)N(C3CCC(=O)NC3=O)C4=O)cn2)CC1. The number of amides is 4. The van der Waals surface area contributed by atoms with Gasteiger partial charge in [0.25, 0.3) is 11.8 Å². The first-order valence-corrected chi connectivity index (χ1v) is 14.4. The summed E-state index contributed by atoms with van der Waals surface area (Å²) in [4.78, 5) is 51.1. The van der Waals surface area contributed by atoms with Gasteiger partial charge in [0.15, 0.2) is 0 Å². The van der Waals surface area contributed by atoms with Gasteiger partial charge in [-0.3, -0.25) is 34.1 Å². The predicted molar refractivity (Wildman–Crippen MR) is 141 cm³/mol. The second-order valence-corrected chi connectivity index (χ2v) is 13.8. The Morgan fingerprint density at radius 3 is 2.44 bits per heavy atom. The zero-order valence-electron chi connectivity index (χ0n) is 22.1. The van der Waals surface area contributed by atoms with Crippen LogP contribution in [0.3, 0.4) is 0 Å². The molecule has 1 aromatic heterocycles. The average molecular weight is 557 g/mol. The molecule has 0 aliphatic carbocycles. The number of piperidine rings is 2. The van der Waals surface area contributed by atoms with Crippen molar-refractivity contribution in [2.45, 2.75) is 69.8 Å². The first-order valence-electron chi connectivity index (χ1n) is 13.0. The van der Waals surface area contributed by atoms with E-state index in [0.717, 1.165) is 10.5 Å². The van der Waals surface area contributed by atoms with E-state index in [2.05, 4.69) is 15.7 Å². The summed E-state index contributed by atoms with van der Waals surface area (Å²) in [7, 11) is -3.37. The Bertz CT molecular complexity index is 1450. The smallest absolute Gasteiger partial charge is 0.264 e. The topological polar surface area (TPSA) is 151 Å². The van der Waals surface area contributed by atoms with E-state index in [0.29, 0.717) is 38.2 Å². The Morgan fingerprint density at radius 2 is 1.77 bits per heavy atom. The number of carbonyl (C=O) groups excluding carboxylic acids is 4. The van der Waals surface area contributed by atoms with Crippen LogP contribution in [0.4, 0.5) is 5.69 Å². The van der Waals surface area contributed by atoms with Crippen LogP contribution in [0.15, 0.2) is 30.6 Å². The van der Waals surface area contributed by atoms with Gasteiger partial charge < -0.3 is 5.32 Å². The van der Waals surface area contributed by atoms with Crippen molar-refractivity contribution in [3.63, 3.8) is 0 Å². The van der Waals surface area contributed by atoms with E-state index < -0.39 is 44.4 Å². The standard InChI is InChI=1S/C26H32N6O6S/c1-26(2,3)39(37,38)30-11-9-17(10-12-30)31-15-16(14-28-31)13-27-19-6-4-5-18-22(19)25(36)32(24(18)35)20-7-8-21(33)29-23(20)34/h4-6,14-15,17,20,27H,7-13H2,1-3H3,(H,29,33,34). The Kier molecular flexibility index (Phi) is 6.83. The highest BCUT2D eigenvalue weighted by molar-refractivity contribution is 7.90. The summed E-state index contributed by atoms with van der Waals surface area (Å²) >= 11 is 0. The van der Waals surface area contributed by atoms with Crippen molar-refractivity contribution in [3.05, 3.63) is 47.3 Å². The molecule has 0 saturated carbocycles. The lowest BCUT2D eigenvalue weighted by Gasteiger charge is -2.35. The largest absolute Gasteiger partial charge is 0.380 e. The zero-order valence-corrected chi connectivity index (χ0v) is 23.0. The summed E-state index contributed by atoms with van der Waals surface area (Å²) in [5, 5.41) is 9.90. The molecule has 2 aromatic rings. The Hall–Kier alpha value is -3.58. The highest BCUT2D eigenvalue weighted by atomic mass is 32.2. The third kappa shape index (κ3) is 4.84. The van der Waals surface area contributed by atoms with Crippen molar-refractivity contribution in [2.24, 2.45) is 0 Å². The van der Waals surface area contributed by atoms with Gasteiger partial charge in [-0.25, -0.2) is 12.7 Å². The molecular weight excluding hydrogens is 524 g/mol. The molecule has 208 valence electrons. The fraction of sp³-hybridized carbons (Fsp3) is 0.500. The number of hydrogen-bond acceptors (Lipinski definition) is 8. The molecule has 39 heavy (non-hydrogen) atoms. The Morgan fingerprint density at radius 1 is 1.05 bits per heavy atom. The van der Waals surface area contributed by atoms with Crippen LogP contribution in [0.1, 0.15) is 78.8 Å². The van der Waals surface area contributed by atoms with E-state index in [9.17, 15) is 27.6 Å². The van der Waals surface area contributed by atoms with Crippen LogP contribution >= 0.6 is 0 Å². The average Bonchev–Trinajstić information content (AvgIpc) is 3.46. The van der Waals surface area contributed by atoms with E-state index in [4.69, 9.17) is 0 Å². The van der Waals surface area contributed by atoms with E-state index in [1.807, 2.05) is 10.9 Å². The van der Waals surface area contributed by atoms with Crippen LogP contribution < -0.4 is 10.6 Å². The van der Waals surface area contributed by atoms with Gasteiger partial charge >= 0.3 is 0 Å². The number of sulfonamides is 1. The summed E-state index contributed by atoms with van der Waals surface area (Å²) in [6.07, 6.45) is 5.09. The van der Waals surface area contributed by atoms with Crippen molar-refractivity contribution in [3.8, 4) is 0 Å². The van der Waals surface area contributed by atoms with Gasteiger partial charge in [0.05, 0.1) is 28.1 Å². The fourth-order valence-corrected chi connectivity index (χ4v) is 6.73. The number of hydrogen-bond donors (Lipinski definition) is 2. The van der Waals surface area contributed by atoms with Gasteiger partial charge in [0, 0.05) is 43.5 Å². The summed E-state index contributed by atoms with van der Waals surface area (Å²) in [6, 6.07) is 3.98. The van der Waals surface area contributed by atoms with E-state index in [-0.39, 0.29) is 30.0 Å². The van der Waals surface area contributed by atoms with Crippen LogP contribution in [0.2, 0.25) is 0 Å². The Labute approximate surface area is 226 Å². The molecule has 4 heterocycles. The number of aromatic nitrogens is 2. The first kappa shape index (κ1) is 27.0. The van der Waals surface area contributed by atoms with Gasteiger partial charge in [0.2, 0.25) is 21.8 Å². The Balaban J connectivity index is 1.24. The van der Waals surface area contributed by atoms with Crippen molar-refractivity contribution in [1.29, 1.82) is 0 Å². The second-order valence-electron chi connectivity index (χ2n) is 11.1. The molecule has 0 spiro atoms. The van der Waals surface area contributed by atoms with E-state index >= 15 is 0 Å². The third-order valence-corrected chi connectivity index (χ3v) is 10.1. The van der Waals surface area contributed by atoms with Crippen molar-refractivity contribution in [2.75, 3.05) is 18.4 Å². The predicted octanol–water partition coefficient (Wildman–Crippen LogP) is 1.66. The lowest BCUT2D eigenvalue weighted by molar-refractivity contribution is -0.136. The lowest BCUT2D eigenvalue weighted by atomic mass is 10.0. The molecule has 1 unspecified atom stereocenters. The van der Waals surface area contributed by atoms with Crippen LogP contribution in [0.5, 0.6) is 0 Å². The normalized spacial score (nSPS) is 21.3. The van der Waals surface area contributed by atoms with E-state index in [1.165, 1.54) is 0 Å². The number of anilines is 1. The minimum atomic E-state index is -3.37. The molecule has 2 fully saturated rings. The molecule has 1 aromatic carbocycles. The van der Waals surface area contributed by atoms with Crippen LogP contribution in [-0.2, 0) is 26.2 Å². The highest BCUT2D eigenvalue weighted by Crippen LogP contribution is 2.33. The number of imide groups is 2. The molecule has 4 amide bonds. The van der Waals surface area contributed by atoms with Crippen LogP contribution in [0.25, 0.3) is 0 Å². The maximum atomic E-state index is 13.3. The number of nitrogens with one attached hydrogen (secondary N) is 2. The van der Waals surface area contributed by atoms with Gasteiger partial charge in [-0.1, -0.05) is 6.07 Å². The molecule has 2 saturated heterocycles. The molecule has 12 nitrogen and oxygen atoms in total. The van der Waals surface area contributed by atoms with Crippen LogP contribution in [-0.4, -0.2) is 74.9 Å².